The molecule has 4 heteroatoms. The predicted molar refractivity (Wildman–Crippen MR) is 72.1 cm³/mol. The van der Waals surface area contributed by atoms with Crippen LogP contribution < -0.4 is 0 Å². The maximum atomic E-state index is 9.74. The predicted octanol–water partition coefficient (Wildman–Crippen LogP) is 2.93. The van der Waals surface area contributed by atoms with Crippen molar-refractivity contribution in [2.45, 2.75) is 13.3 Å². The van der Waals surface area contributed by atoms with E-state index in [4.69, 9.17) is 0 Å². The van der Waals surface area contributed by atoms with Crippen molar-refractivity contribution in [3.63, 3.8) is 0 Å². The van der Waals surface area contributed by atoms with Gasteiger partial charge in [0.05, 0.1) is 5.69 Å². The smallest absolute Gasteiger partial charge is 0.237 e. The normalized spacial score (nSPS) is 15.3. The Hall–Kier alpha value is -2.36. The first kappa shape index (κ1) is 10.8. The topological polar surface area (TPSA) is 61.3 Å². The van der Waals surface area contributed by atoms with Gasteiger partial charge in [0.25, 0.3) is 0 Å². The number of aromatic hydroxyl groups is 1. The van der Waals surface area contributed by atoms with Crippen molar-refractivity contribution in [2.24, 2.45) is 4.99 Å². The third-order valence-electron chi connectivity index (χ3n) is 2.95. The van der Waals surface area contributed by atoms with Crippen molar-refractivity contribution in [1.29, 1.82) is 0 Å². The Balaban J connectivity index is 2.03. The van der Waals surface area contributed by atoms with Gasteiger partial charge in [0, 0.05) is 23.8 Å². The Kier molecular flexibility index (Phi) is 2.48. The van der Waals surface area contributed by atoms with Crippen LogP contribution in [0.3, 0.4) is 0 Å². The molecule has 0 fully saturated rings. The number of aromatic amines is 1. The summed E-state index contributed by atoms with van der Waals surface area (Å²) in [5.74, 6) is 0.819. The molecule has 4 nitrogen and oxygen atoms in total. The van der Waals surface area contributed by atoms with Crippen molar-refractivity contribution in [2.75, 3.05) is 0 Å². The van der Waals surface area contributed by atoms with Crippen LogP contribution in [0.1, 0.15) is 24.0 Å². The van der Waals surface area contributed by atoms with Gasteiger partial charge in [0.1, 0.15) is 11.5 Å². The number of hydrogen-bond acceptors (Lipinski definition) is 3. The van der Waals surface area contributed by atoms with E-state index in [0.717, 1.165) is 29.1 Å². The maximum Gasteiger partial charge on any atom is 0.237 e. The van der Waals surface area contributed by atoms with Gasteiger partial charge in [-0.1, -0.05) is 25.1 Å². The zero-order valence-electron chi connectivity index (χ0n) is 10.0. The molecule has 2 N–H and O–H groups in total. The van der Waals surface area contributed by atoms with Gasteiger partial charge in [0.2, 0.25) is 5.88 Å². The number of imidazole rings is 1. The molecule has 18 heavy (non-hydrogen) atoms. The van der Waals surface area contributed by atoms with E-state index in [1.807, 2.05) is 37.3 Å². The van der Waals surface area contributed by atoms with Crippen LogP contribution in [0.25, 0.3) is 11.6 Å². The lowest BCUT2D eigenvalue weighted by Crippen LogP contribution is -1.83. The Labute approximate surface area is 105 Å². The molecule has 1 aliphatic heterocycles. The monoisotopic (exact) mass is 239 g/mol. The molecule has 0 bridgehead atoms. The average Bonchev–Trinajstić information content (AvgIpc) is 2.95. The standard InChI is InChI=1S/C14H13N3O/c1-2-13-16-12(14(18)17-13)7-9-8-15-11-6-4-3-5-10(9)11/h3-8,18H,2H2,1H3,(H,16,17)/b9-7+. The SMILES string of the molecule is CCc1nc(O)c(/C=C2\C=Nc3ccccc32)[nH]1. The minimum absolute atomic E-state index is 0.0390. The summed E-state index contributed by atoms with van der Waals surface area (Å²) in [6.07, 6.45) is 4.44. The Bertz CT molecular complexity index is 653. The molecule has 0 spiro atoms. The highest BCUT2D eigenvalue weighted by Crippen LogP contribution is 2.32. The highest BCUT2D eigenvalue weighted by atomic mass is 16.3. The van der Waals surface area contributed by atoms with Gasteiger partial charge in [0.15, 0.2) is 0 Å². The Morgan fingerprint density at radius 2 is 2.17 bits per heavy atom. The second-order valence-electron chi connectivity index (χ2n) is 4.15. The minimum Gasteiger partial charge on any atom is -0.492 e. The lowest BCUT2D eigenvalue weighted by atomic mass is 10.1. The molecular formula is C14H13N3O. The van der Waals surface area contributed by atoms with Gasteiger partial charge in [-0.25, -0.2) is 0 Å². The summed E-state index contributed by atoms with van der Waals surface area (Å²) in [5.41, 5.74) is 3.64. The molecular weight excluding hydrogens is 226 g/mol. The van der Waals surface area contributed by atoms with Crippen LogP contribution >= 0.6 is 0 Å². The van der Waals surface area contributed by atoms with Gasteiger partial charge in [-0.05, 0) is 12.1 Å². The van der Waals surface area contributed by atoms with E-state index in [9.17, 15) is 5.11 Å². The summed E-state index contributed by atoms with van der Waals surface area (Å²) in [6, 6.07) is 7.92. The number of aliphatic imine (C=N–C) groups is 1. The van der Waals surface area contributed by atoms with Gasteiger partial charge < -0.3 is 10.1 Å². The molecule has 2 aromatic rings. The summed E-state index contributed by atoms with van der Waals surface area (Å²) in [4.78, 5) is 11.5. The fourth-order valence-electron chi connectivity index (χ4n) is 2.00. The van der Waals surface area contributed by atoms with Gasteiger partial charge in [-0.3, -0.25) is 4.99 Å². The molecule has 0 atom stereocenters. The number of benzene rings is 1. The number of nitrogens with zero attached hydrogens (tertiary/aromatic N) is 2. The quantitative estimate of drug-likeness (QED) is 0.846. The number of allylic oxidation sites excluding steroid dienone is 1. The van der Waals surface area contributed by atoms with Gasteiger partial charge >= 0.3 is 0 Å². The molecule has 2 heterocycles. The van der Waals surface area contributed by atoms with Crippen LogP contribution in [-0.2, 0) is 6.42 Å². The molecule has 0 amide bonds. The number of aryl methyl sites for hydroxylation is 1. The van der Waals surface area contributed by atoms with Crippen LogP contribution in [0, 0.1) is 0 Å². The average molecular weight is 239 g/mol. The van der Waals surface area contributed by atoms with Crippen LogP contribution in [0.2, 0.25) is 0 Å². The molecule has 0 unspecified atom stereocenters. The molecule has 0 radical (unpaired) electrons. The molecule has 90 valence electrons. The summed E-state index contributed by atoms with van der Waals surface area (Å²) >= 11 is 0. The van der Waals surface area contributed by atoms with Crippen molar-refractivity contribution in [3.8, 4) is 5.88 Å². The highest BCUT2D eigenvalue weighted by Gasteiger charge is 2.13. The third kappa shape index (κ3) is 1.72. The Morgan fingerprint density at radius 3 is 2.94 bits per heavy atom. The summed E-state index contributed by atoms with van der Waals surface area (Å²) in [7, 11) is 0. The first-order chi connectivity index (χ1) is 8.78. The van der Waals surface area contributed by atoms with Crippen molar-refractivity contribution < 1.29 is 5.11 Å². The molecule has 3 rings (SSSR count). The molecule has 1 aromatic carbocycles. The van der Waals surface area contributed by atoms with E-state index in [2.05, 4.69) is 15.0 Å². The Morgan fingerprint density at radius 1 is 1.33 bits per heavy atom. The van der Waals surface area contributed by atoms with E-state index < -0.39 is 0 Å². The second kappa shape index (κ2) is 4.14. The fourth-order valence-corrected chi connectivity index (χ4v) is 2.00. The summed E-state index contributed by atoms with van der Waals surface area (Å²) in [5, 5.41) is 9.74. The number of rotatable bonds is 2. The van der Waals surface area contributed by atoms with Crippen LogP contribution in [0.15, 0.2) is 29.3 Å². The first-order valence-electron chi connectivity index (χ1n) is 5.91. The van der Waals surface area contributed by atoms with Crippen molar-refractivity contribution in [1.82, 2.24) is 9.97 Å². The highest BCUT2D eigenvalue weighted by molar-refractivity contribution is 6.21. The number of nitrogens with one attached hydrogen (secondary N) is 1. The number of aromatic nitrogens is 2. The van der Waals surface area contributed by atoms with E-state index in [-0.39, 0.29) is 5.88 Å². The molecule has 0 aliphatic carbocycles. The van der Waals surface area contributed by atoms with E-state index in [1.54, 1.807) is 6.21 Å². The fraction of sp³-hybridized carbons (Fsp3) is 0.143. The second-order valence-corrected chi connectivity index (χ2v) is 4.15. The van der Waals surface area contributed by atoms with E-state index in [0.29, 0.717) is 5.69 Å². The third-order valence-corrected chi connectivity index (χ3v) is 2.95. The minimum atomic E-state index is 0.0390. The number of para-hydroxylation sites is 1. The number of H-pyrrole nitrogens is 1. The van der Waals surface area contributed by atoms with E-state index >= 15 is 0 Å². The van der Waals surface area contributed by atoms with E-state index in [1.165, 1.54) is 0 Å². The number of hydrogen-bond donors (Lipinski definition) is 2. The molecule has 1 aliphatic rings. The molecule has 0 saturated heterocycles. The largest absolute Gasteiger partial charge is 0.492 e. The van der Waals surface area contributed by atoms with Crippen molar-refractivity contribution >= 4 is 23.6 Å². The number of fused-ring (bicyclic) bond motifs is 1. The van der Waals surface area contributed by atoms with Crippen LogP contribution in [0.4, 0.5) is 5.69 Å². The maximum absolute atomic E-state index is 9.74. The van der Waals surface area contributed by atoms with Crippen LogP contribution in [0.5, 0.6) is 5.88 Å². The van der Waals surface area contributed by atoms with Gasteiger partial charge in [-0.2, -0.15) is 4.98 Å². The zero-order valence-corrected chi connectivity index (χ0v) is 10.0. The summed E-state index contributed by atoms with van der Waals surface area (Å²) < 4.78 is 0. The molecule has 1 aromatic heterocycles. The summed E-state index contributed by atoms with van der Waals surface area (Å²) in [6.45, 7) is 1.99. The lowest BCUT2D eigenvalue weighted by molar-refractivity contribution is 0.454. The van der Waals surface area contributed by atoms with Crippen LogP contribution in [-0.4, -0.2) is 21.3 Å². The first-order valence-corrected chi connectivity index (χ1v) is 5.91. The van der Waals surface area contributed by atoms with Gasteiger partial charge in [-0.15, -0.1) is 0 Å². The van der Waals surface area contributed by atoms with Crippen molar-refractivity contribution in [3.05, 3.63) is 41.3 Å². The lowest BCUT2D eigenvalue weighted by Gasteiger charge is -1.98. The molecule has 0 saturated carbocycles. The zero-order chi connectivity index (χ0) is 12.5.